The molecule has 0 aromatic carbocycles. The molecule has 1 fully saturated rings. The van der Waals surface area contributed by atoms with Crippen molar-refractivity contribution >= 4 is 17.7 Å². The van der Waals surface area contributed by atoms with Crippen molar-refractivity contribution in [3.8, 4) is 0 Å². The number of pyridine rings is 1. The number of urea groups is 1. The maximum atomic E-state index is 12.0. The number of rotatable bonds is 3. The second-order valence-corrected chi connectivity index (χ2v) is 5.47. The van der Waals surface area contributed by atoms with Gasteiger partial charge in [0.25, 0.3) is 0 Å². The molecule has 1 aromatic heterocycles. The number of nitrogens with zero attached hydrogens (tertiary/aromatic N) is 1. The normalized spacial score (nSPS) is 24.6. The van der Waals surface area contributed by atoms with Crippen LogP contribution in [0.3, 0.4) is 0 Å². The van der Waals surface area contributed by atoms with Crippen LogP contribution in [0.2, 0.25) is 0 Å². The van der Waals surface area contributed by atoms with Crippen LogP contribution in [0.5, 0.6) is 0 Å². The van der Waals surface area contributed by atoms with Crippen molar-refractivity contribution in [3.05, 3.63) is 23.5 Å². The second-order valence-electron chi connectivity index (χ2n) is 5.47. The monoisotopic (exact) mass is 293 g/mol. The number of aryl methyl sites for hydroxylation is 2. The molecule has 1 aliphatic rings. The standard InChI is InChI=1S/C14H19N3O4/c1-8-4-5-10(9(2)15-8)16-13(20)17-11-6-21-7-14(11,3)12(18)19/h4-5,11H,6-7H2,1-3H3,(H,18,19)(H2,16,17,20). The third-order valence-corrected chi connectivity index (χ3v) is 3.72. The van der Waals surface area contributed by atoms with Crippen LogP contribution in [0.15, 0.2) is 12.1 Å². The van der Waals surface area contributed by atoms with Crippen LogP contribution in [0.1, 0.15) is 18.3 Å². The smallest absolute Gasteiger partial charge is 0.319 e. The Labute approximate surface area is 122 Å². The van der Waals surface area contributed by atoms with Gasteiger partial charge in [-0.3, -0.25) is 9.78 Å². The first-order valence-corrected chi connectivity index (χ1v) is 6.66. The molecule has 2 unspecified atom stereocenters. The number of hydrogen-bond acceptors (Lipinski definition) is 4. The van der Waals surface area contributed by atoms with Gasteiger partial charge in [-0.25, -0.2) is 4.79 Å². The molecule has 2 amide bonds. The molecule has 0 radical (unpaired) electrons. The molecule has 7 heteroatoms. The molecular weight excluding hydrogens is 274 g/mol. The number of hydrogen-bond donors (Lipinski definition) is 3. The molecule has 0 saturated carbocycles. The van der Waals surface area contributed by atoms with E-state index in [-0.39, 0.29) is 13.2 Å². The summed E-state index contributed by atoms with van der Waals surface area (Å²) in [6.07, 6.45) is 0. The summed E-state index contributed by atoms with van der Waals surface area (Å²) in [5.74, 6) is -0.988. The number of carboxylic acids is 1. The molecule has 2 heterocycles. The van der Waals surface area contributed by atoms with Crippen LogP contribution in [0, 0.1) is 19.3 Å². The molecular formula is C14H19N3O4. The largest absolute Gasteiger partial charge is 0.481 e. The number of carbonyl (C=O) groups excluding carboxylic acids is 1. The van der Waals surface area contributed by atoms with Crippen LogP contribution in [-0.4, -0.2) is 41.3 Å². The molecule has 1 saturated heterocycles. The molecule has 2 rings (SSSR count). The van der Waals surface area contributed by atoms with Gasteiger partial charge in [-0.05, 0) is 32.9 Å². The Kier molecular flexibility index (Phi) is 4.13. The van der Waals surface area contributed by atoms with Crippen molar-refractivity contribution < 1.29 is 19.4 Å². The van der Waals surface area contributed by atoms with Crippen molar-refractivity contribution in [2.45, 2.75) is 26.8 Å². The van der Waals surface area contributed by atoms with Crippen molar-refractivity contribution in [3.63, 3.8) is 0 Å². The highest BCUT2D eigenvalue weighted by Crippen LogP contribution is 2.28. The van der Waals surface area contributed by atoms with E-state index < -0.39 is 23.5 Å². The van der Waals surface area contributed by atoms with Crippen LogP contribution in [-0.2, 0) is 9.53 Å². The van der Waals surface area contributed by atoms with Crippen LogP contribution < -0.4 is 10.6 Å². The van der Waals surface area contributed by atoms with Crippen molar-refractivity contribution in [2.75, 3.05) is 18.5 Å². The summed E-state index contributed by atoms with van der Waals surface area (Å²) in [6, 6.07) is 2.52. The van der Waals surface area contributed by atoms with E-state index >= 15 is 0 Å². The molecule has 2 atom stereocenters. The van der Waals surface area contributed by atoms with E-state index in [9.17, 15) is 14.7 Å². The van der Waals surface area contributed by atoms with Gasteiger partial charge in [0.1, 0.15) is 5.41 Å². The minimum absolute atomic E-state index is 0.0817. The summed E-state index contributed by atoms with van der Waals surface area (Å²) in [7, 11) is 0. The minimum Gasteiger partial charge on any atom is -0.481 e. The number of ether oxygens (including phenoxy) is 1. The number of nitrogens with one attached hydrogen (secondary N) is 2. The number of aromatic nitrogens is 1. The maximum absolute atomic E-state index is 12.0. The first-order valence-electron chi connectivity index (χ1n) is 6.66. The highest BCUT2D eigenvalue weighted by molar-refractivity contribution is 5.90. The Morgan fingerprint density at radius 1 is 1.43 bits per heavy atom. The SMILES string of the molecule is Cc1ccc(NC(=O)NC2COCC2(C)C(=O)O)c(C)n1. The number of carbonyl (C=O) groups is 2. The Morgan fingerprint density at radius 2 is 2.14 bits per heavy atom. The van der Waals surface area contributed by atoms with Crippen LogP contribution >= 0.6 is 0 Å². The fraction of sp³-hybridized carbons (Fsp3) is 0.500. The Bertz CT molecular complexity index is 575. The predicted molar refractivity (Wildman–Crippen MR) is 76.2 cm³/mol. The molecule has 1 aliphatic heterocycles. The fourth-order valence-electron chi connectivity index (χ4n) is 2.22. The number of aliphatic carboxylic acids is 1. The number of carboxylic acid groups (broad SMARTS) is 1. The van der Waals surface area contributed by atoms with Gasteiger partial charge in [0, 0.05) is 5.69 Å². The van der Waals surface area contributed by atoms with Crippen molar-refractivity contribution in [1.29, 1.82) is 0 Å². The highest BCUT2D eigenvalue weighted by Gasteiger charge is 2.47. The van der Waals surface area contributed by atoms with Crippen molar-refractivity contribution in [1.82, 2.24) is 10.3 Å². The second kappa shape index (κ2) is 5.69. The van der Waals surface area contributed by atoms with Crippen molar-refractivity contribution in [2.24, 2.45) is 5.41 Å². The third-order valence-electron chi connectivity index (χ3n) is 3.72. The minimum atomic E-state index is -1.11. The van der Waals surface area contributed by atoms with E-state index in [4.69, 9.17) is 4.74 Å². The average Bonchev–Trinajstić information content (AvgIpc) is 2.76. The third kappa shape index (κ3) is 3.13. The zero-order valence-electron chi connectivity index (χ0n) is 12.3. The molecule has 0 bridgehead atoms. The summed E-state index contributed by atoms with van der Waals surface area (Å²) in [4.78, 5) is 27.6. The summed E-state index contributed by atoms with van der Waals surface area (Å²) < 4.78 is 5.19. The first-order chi connectivity index (χ1) is 9.83. The molecule has 3 N–H and O–H groups in total. The number of amides is 2. The van der Waals surface area contributed by atoms with Crippen LogP contribution in [0.4, 0.5) is 10.5 Å². The highest BCUT2D eigenvalue weighted by atomic mass is 16.5. The van der Waals surface area contributed by atoms with E-state index in [1.165, 1.54) is 0 Å². The van der Waals surface area contributed by atoms with Gasteiger partial charge >= 0.3 is 12.0 Å². The van der Waals surface area contributed by atoms with E-state index in [1.54, 1.807) is 26.0 Å². The molecule has 114 valence electrons. The topological polar surface area (TPSA) is 101 Å². The Hall–Kier alpha value is -2.15. The summed E-state index contributed by atoms with van der Waals surface area (Å²) in [5.41, 5.74) is 1.04. The lowest BCUT2D eigenvalue weighted by molar-refractivity contribution is -0.148. The van der Waals surface area contributed by atoms with Gasteiger partial charge in [0.15, 0.2) is 0 Å². The van der Waals surface area contributed by atoms with Gasteiger partial charge in [0.2, 0.25) is 0 Å². The van der Waals surface area contributed by atoms with Gasteiger partial charge < -0.3 is 20.5 Å². The lowest BCUT2D eigenvalue weighted by Crippen LogP contribution is -2.50. The van der Waals surface area contributed by atoms with Gasteiger partial charge in [-0.2, -0.15) is 0 Å². The summed E-state index contributed by atoms with van der Waals surface area (Å²) >= 11 is 0. The van der Waals surface area contributed by atoms with E-state index in [1.807, 2.05) is 6.92 Å². The zero-order valence-corrected chi connectivity index (χ0v) is 12.3. The Morgan fingerprint density at radius 3 is 2.76 bits per heavy atom. The number of anilines is 1. The first kappa shape index (κ1) is 15.2. The van der Waals surface area contributed by atoms with Gasteiger partial charge in [0.05, 0.1) is 30.6 Å². The fourth-order valence-corrected chi connectivity index (χ4v) is 2.22. The molecule has 21 heavy (non-hydrogen) atoms. The average molecular weight is 293 g/mol. The van der Waals surface area contributed by atoms with E-state index in [0.29, 0.717) is 11.4 Å². The van der Waals surface area contributed by atoms with E-state index in [0.717, 1.165) is 5.69 Å². The van der Waals surface area contributed by atoms with Crippen LogP contribution in [0.25, 0.3) is 0 Å². The molecule has 0 aliphatic carbocycles. The zero-order chi connectivity index (χ0) is 15.6. The lowest BCUT2D eigenvalue weighted by atomic mass is 9.85. The predicted octanol–water partition coefficient (Wildman–Crippen LogP) is 1.31. The molecule has 0 spiro atoms. The lowest BCUT2D eigenvalue weighted by Gasteiger charge is -2.25. The quantitative estimate of drug-likeness (QED) is 0.780. The molecule has 7 nitrogen and oxygen atoms in total. The van der Waals surface area contributed by atoms with E-state index in [2.05, 4.69) is 15.6 Å². The summed E-state index contributed by atoms with van der Waals surface area (Å²) in [6.45, 7) is 5.49. The molecule has 1 aromatic rings. The maximum Gasteiger partial charge on any atom is 0.319 e. The summed E-state index contributed by atoms with van der Waals surface area (Å²) in [5, 5.41) is 14.6. The van der Waals surface area contributed by atoms with Gasteiger partial charge in [-0.1, -0.05) is 0 Å². The Balaban J connectivity index is 2.03. The van der Waals surface area contributed by atoms with Gasteiger partial charge in [-0.15, -0.1) is 0 Å².